The van der Waals surface area contributed by atoms with E-state index in [1.807, 2.05) is 36.4 Å². The van der Waals surface area contributed by atoms with Crippen molar-refractivity contribution in [2.75, 3.05) is 34.4 Å². The van der Waals surface area contributed by atoms with Crippen molar-refractivity contribution in [2.24, 2.45) is 0 Å². The minimum atomic E-state index is -0.645. The van der Waals surface area contributed by atoms with Gasteiger partial charge in [0.15, 0.2) is 0 Å². The van der Waals surface area contributed by atoms with Crippen molar-refractivity contribution < 1.29 is 18.6 Å². The summed E-state index contributed by atoms with van der Waals surface area (Å²) in [5, 5.41) is 9.29. The average molecular weight is 475 g/mol. The summed E-state index contributed by atoms with van der Waals surface area (Å²) >= 11 is 0. The summed E-state index contributed by atoms with van der Waals surface area (Å²) in [5.74, 6) is 1.41. The second kappa shape index (κ2) is 10.9. The first-order valence-electron chi connectivity index (χ1n) is 11.8. The number of rotatable bonds is 10. The van der Waals surface area contributed by atoms with Crippen LogP contribution < -0.4 is 9.47 Å². The first kappa shape index (κ1) is 24.7. The predicted molar refractivity (Wildman–Crippen MR) is 133 cm³/mol. The summed E-state index contributed by atoms with van der Waals surface area (Å²) in [4.78, 5) is 2.30. The fraction of sp³-hybridized carbons (Fsp3) is 0.345. The molecule has 0 bridgehead atoms. The Morgan fingerprint density at radius 3 is 2.54 bits per heavy atom. The maximum atomic E-state index is 13.7. The van der Waals surface area contributed by atoms with Crippen molar-refractivity contribution in [3.8, 4) is 17.6 Å². The van der Waals surface area contributed by atoms with E-state index in [2.05, 4.69) is 18.0 Å². The van der Waals surface area contributed by atoms with E-state index < -0.39 is 5.60 Å². The molecule has 5 nitrogen and oxygen atoms in total. The molecule has 0 fully saturated rings. The Labute approximate surface area is 206 Å². The van der Waals surface area contributed by atoms with E-state index >= 15 is 0 Å². The van der Waals surface area contributed by atoms with Crippen molar-refractivity contribution >= 4 is 0 Å². The minimum absolute atomic E-state index is 0.269. The van der Waals surface area contributed by atoms with Crippen LogP contribution in [0.2, 0.25) is 0 Å². The third-order valence-corrected chi connectivity index (χ3v) is 6.77. The molecule has 0 amide bonds. The zero-order chi connectivity index (χ0) is 24.8. The summed E-state index contributed by atoms with van der Waals surface area (Å²) in [6.07, 6.45) is 2.49. The predicted octanol–water partition coefficient (Wildman–Crippen LogP) is 5.44. The largest absolute Gasteiger partial charge is 0.497 e. The Morgan fingerprint density at radius 1 is 1.03 bits per heavy atom. The maximum absolute atomic E-state index is 13.7. The number of likely N-dealkylation sites (N-methyl/N-ethyl adjacent to an activating group) is 1. The first-order valence-corrected chi connectivity index (χ1v) is 11.8. The number of fused-ring (bicyclic) bond motifs is 1. The van der Waals surface area contributed by atoms with Gasteiger partial charge in [0.05, 0.1) is 32.5 Å². The third kappa shape index (κ3) is 5.32. The molecule has 1 aliphatic rings. The normalized spacial score (nSPS) is 16.7. The van der Waals surface area contributed by atoms with Gasteiger partial charge >= 0.3 is 0 Å². The number of nitrogens with zero attached hydrogens (tertiary/aromatic N) is 2. The van der Waals surface area contributed by atoms with Crippen LogP contribution in [0.1, 0.15) is 40.7 Å². The average Bonchev–Trinajstić information content (AvgIpc) is 3.26. The highest BCUT2D eigenvalue weighted by molar-refractivity contribution is 5.48. The van der Waals surface area contributed by atoms with Gasteiger partial charge in [0.1, 0.15) is 22.9 Å². The van der Waals surface area contributed by atoms with Gasteiger partial charge in [-0.25, -0.2) is 4.39 Å². The van der Waals surface area contributed by atoms with Crippen LogP contribution in [0.15, 0.2) is 60.7 Å². The van der Waals surface area contributed by atoms with Crippen LogP contribution in [0.4, 0.5) is 4.39 Å². The third-order valence-electron chi connectivity index (χ3n) is 6.77. The molecular weight excluding hydrogens is 443 g/mol. The molecule has 1 aliphatic heterocycles. The Kier molecular flexibility index (Phi) is 7.70. The van der Waals surface area contributed by atoms with E-state index in [4.69, 9.17) is 14.2 Å². The van der Waals surface area contributed by atoms with Crippen LogP contribution in [0.25, 0.3) is 0 Å². The van der Waals surface area contributed by atoms with Gasteiger partial charge in [-0.15, -0.1) is 0 Å². The topological polar surface area (TPSA) is 54.7 Å². The molecular formula is C29H31FN2O3. The second-order valence-corrected chi connectivity index (χ2v) is 8.94. The van der Waals surface area contributed by atoms with Gasteiger partial charge in [-0.05, 0) is 97.6 Å². The lowest BCUT2D eigenvalue weighted by atomic mass is 9.81. The van der Waals surface area contributed by atoms with Gasteiger partial charge in [-0.3, -0.25) is 0 Å². The highest BCUT2D eigenvalue weighted by Crippen LogP contribution is 2.45. The van der Waals surface area contributed by atoms with E-state index in [1.165, 1.54) is 12.1 Å². The number of halogens is 1. The van der Waals surface area contributed by atoms with E-state index in [9.17, 15) is 9.65 Å². The molecule has 0 aliphatic carbocycles. The van der Waals surface area contributed by atoms with Crippen LogP contribution in [-0.2, 0) is 23.4 Å². The zero-order valence-corrected chi connectivity index (χ0v) is 20.5. The SMILES string of the molecule is COc1ccc(OC)c(CCN(C)CCCC2(c3ccc(F)cc3)OCc3cc(C#N)ccc32)c1. The molecule has 0 N–H and O–H groups in total. The van der Waals surface area contributed by atoms with Crippen molar-refractivity contribution in [3.63, 3.8) is 0 Å². The van der Waals surface area contributed by atoms with E-state index in [1.54, 1.807) is 26.4 Å². The molecule has 0 saturated carbocycles. The number of methoxy groups -OCH3 is 2. The van der Waals surface area contributed by atoms with Crippen LogP contribution >= 0.6 is 0 Å². The molecule has 0 spiro atoms. The molecule has 4 rings (SSSR count). The van der Waals surface area contributed by atoms with Crippen LogP contribution in [0.5, 0.6) is 11.5 Å². The zero-order valence-electron chi connectivity index (χ0n) is 20.5. The standard InChI is InChI=1S/C29H31FN2O3/c1-32(16-13-22-18-26(33-2)10-12-28(22)34-3)15-4-14-29(24-6-8-25(30)9-7-24)27-11-5-21(19-31)17-23(27)20-35-29/h5-12,17-18H,4,13-16,20H2,1-3H3. The summed E-state index contributed by atoms with van der Waals surface area (Å²) < 4.78 is 31.0. The van der Waals surface area contributed by atoms with Gasteiger partial charge in [0, 0.05) is 6.54 Å². The summed E-state index contributed by atoms with van der Waals surface area (Å²) in [6.45, 7) is 2.19. The molecule has 1 atom stereocenters. The van der Waals surface area contributed by atoms with Crippen LogP contribution in [0.3, 0.4) is 0 Å². The minimum Gasteiger partial charge on any atom is -0.497 e. The smallest absolute Gasteiger partial charge is 0.123 e. The molecule has 3 aromatic carbocycles. The van der Waals surface area contributed by atoms with Gasteiger partial charge in [0.25, 0.3) is 0 Å². The van der Waals surface area contributed by atoms with E-state index in [0.717, 1.165) is 66.1 Å². The Balaban J connectivity index is 1.46. The Bertz CT molecular complexity index is 1210. The fourth-order valence-electron chi connectivity index (χ4n) is 4.86. The summed E-state index contributed by atoms with van der Waals surface area (Å²) in [7, 11) is 5.46. The van der Waals surface area contributed by atoms with Crippen LogP contribution in [-0.4, -0.2) is 39.3 Å². The molecule has 35 heavy (non-hydrogen) atoms. The van der Waals surface area contributed by atoms with E-state index in [0.29, 0.717) is 12.2 Å². The maximum Gasteiger partial charge on any atom is 0.123 e. The lowest BCUT2D eigenvalue weighted by Gasteiger charge is -2.31. The molecule has 6 heteroatoms. The molecule has 3 aromatic rings. The quantitative estimate of drug-likeness (QED) is 0.392. The number of nitriles is 1. The van der Waals surface area contributed by atoms with Crippen molar-refractivity contribution in [3.05, 3.63) is 94.3 Å². The summed E-state index contributed by atoms with van der Waals surface area (Å²) in [5.41, 5.74) is 4.11. The van der Waals surface area contributed by atoms with Gasteiger partial charge < -0.3 is 19.1 Å². The van der Waals surface area contributed by atoms with Crippen molar-refractivity contribution in [1.82, 2.24) is 4.90 Å². The molecule has 1 unspecified atom stereocenters. The lowest BCUT2D eigenvalue weighted by molar-refractivity contribution is -0.0142. The Morgan fingerprint density at radius 2 is 1.83 bits per heavy atom. The molecule has 0 saturated heterocycles. The molecule has 1 heterocycles. The first-order chi connectivity index (χ1) is 17.0. The highest BCUT2D eigenvalue weighted by Gasteiger charge is 2.41. The number of hydrogen-bond donors (Lipinski definition) is 0. The van der Waals surface area contributed by atoms with Gasteiger partial charge in [-0.2, -0.15) is 5.26 Å². The number of hydrogen-bond acceptors (Lipinski definition) is 5. The Hall–Kier alpha value is -3.40. The molecule has 182 valence electrons. The fourth-order valence-corrected chi connectivity index (χ4v) is 4.86. The van der Waals surface area contributed by atoms with Crippen molar-refractivity contribution in [2.45, 2.75) is 31.5 Å². The molecule has 0 aromatic heterocycles. The van der Waals surface area contributed by atoms with Crippen molar-refractivity contribution in [1.29, 1.82) is 5.26 Å². The highest BCUT2D eigenvalue weighted by atomic mass is 19.1. The second-order valence-electron chi connectivity index (χ2n) is 8.94. The summed E-state index contributed by atoms with van der Waals surface area (Å²) in [6, 6.07) is 20.4. The number of ether oxygens (including phenoxy) is 3. The van der Waals surface area contributed by atoms with Crippen LogP contribution in [0, 0.1) is 17.1 Å². The van der Waals surface area contributed by atoms with Gasteiger partial charge in [-0.1, -0.05) is 18.2 Å². The van der Waals surface area contributed by atoms with Gasteiger partial charge in [0.2, 0.25) is 0 Å². The lowest BCUT2D eigenvalue weighted by Crippen LogP contribution is -2.30. The molecule has 0 radical (unpaired) electrons. The monoisotopic (exact) mass is 474 g/mol. The van der Waals surface area contributed by atoms with E-state index in [-0.39, 0.29) is 5.82 Å². The number of benzene rings is 3.